The number of esters is 1. The van der Waals surface area contributed by atoms with Gasteiger partial charge in [0.1, 0.15) is 0 Å². The van der Waals surface area contributed by atoms with Crippen molar-refractivity contribution in [2.75, 3.05) is 26.7 Å². The average molecular weight is 228 g/mol. The molecule has 1 aliphatic heterocycles. The summed E-state index contributed by atoms with van der Waals surface area (Å²) in [5, 5.41) is 2.90. The van der Waals surface area contributed by atoms with Gasteiger partial charge in [0.05, 0.1) is 13.0 Å². The molecular weight excluding hydrogens is 208 g/mol. The zero-order valence-electron chi connectivity index (χ0n) is 9.99. The lowest BCUT2D eigenvalue weighted by molar-refractivity contribution is -0.143. The highest BCUT2D eigenvalue weighted by atomic mass is 16.5. The van der Waals surface area contributed by atoms with Crippen LogP contribution in [0.3, 0.4) is 0 Å². The Morgan fingerprint density at radius 2 is 2.38 bits per heavy atom. The van der Waals surface area contributed by atoms with E-state index >= 15 is 0 Å². The van der Waals surface area contributed by atoms with Gasteiger partial charge in [-0.15, -0.1) is 0 Å². The molecule has 0 aromatic rings. The van der Waals surface area contributed by atoms with Gasteiger partial charge >= 0.3 is 5.97 Å². The molecule has 1 atom stereocenters. The minimum atomic E-state index is -0.162. The minimum Gasteiger partial charge on any atom is -0.466 e. The fraction of sp³-hybridized carbons (Fsp3) is 0.818. The maximum Gasteiger partial charge on any atom is 0.307 e. The normalized spacial score (nSPS) is 19.9. The standard InChI is InChI=1S/C11H20N2O3/c1-3-16-11(15)6-7-13(2)8-9-4-5-10(14)12-9/h9H,3-8H2,1-2H3,(H,12,14). The molecule has 0 bridgehead atoms. The van der Waals surface area contributed by atoms with Gasteiger partial charge < -0.3 is 15.0 Å². The Kier molecular flexibility index (Phi) is 5.25. The van der Waals surface area contributed by atoms with Crippen LogP contribution in [-0.2, 0) is 14.3 Å². The average Bonchev–Trinajstić information content (AvgIpc) is 2.61. The molecule has 0 radical (unpaired) electrons. The minimum absolute atomic E-state index is 0.129. The fourth-order valence-electron chi connectivity index (χ4n) is 1.80. The lowest BCUT2D eigenvalue weighted by Gasteiger charge is -2.20. The second-order valence-electron chi connectivity index (χ2n) is 4.12. The lowest BCUT2D eigenvalue weighted by atomic mass is 10.2. The summed E-state index contributed by atoms with van der Waals surface area (Å²) in [5.41, 5.74) is 0. The molecule has 92 valence electrons. The van der Waals surface area contributed by atoms with E-state index in [1.54, 1.807) is 6.92 Å². The quantitative estimate of drug-likeness (QED) is 0.657. The van der Waals surface area contributed by atoms with E-state index in [4.69, 9.17) is 4.74 Å². The van der Waals surface area contributed by atoms with Crippen LogP contribution in [0.15, 0.2) is 0 Å². The zero-order valence-corrected chi connectivity index (χ0v) is 9.99. The Morgan fingerprint density at radius 1 is 1.62 bits per heavy atom. The third-order valence-electron chi connectivity index (χ3n) is 2.62. The van der Waals surface area contributed by atoms with Crippen LogP contribution in [0.25, 0.3) is 0 Å². The van der Waals surface area contributed by atoms with Crippen LogP contribution >= 0.6 is 0 Å². The molecule has 0 spiro atoms. The van der Waals surface area contributed by atoms with Crippen molar-refractivity contribution in [1.82, 2.24) is 10.2 Å². The number of amides is 1. The molecule has 1 saturated heterocycles. The van der Waals surface area contributed by atoms with Crippen molar-refractivity contribution in [2.45, 2.75) is 32.2 Å². The van der Waals surface area contributed by atoms with E-state index in [1.165, 1.54) is 0 Å². The van der Waals surface area contributed by atoms with Crippen molar-refractivity contribution in [3.05, 3.63) is 0 Å². The van der Waals surface area contributed by atoms with Gasteiger partial charge in [-0.3, -0.25) is 9.59 Å². The van der Waals surface area contributed by atoms with E-state index in [2.05, 4.69) is 5.32 Å². The fourth-order valence-corrected chi connectivity index (χ4v) is 1.80. The van der Waals surface area contributed by atoms with Crippen LogP contribution in [0.1, 0.15) is 26.2 Å². The molecule has 1 N–H and O–H groups in total. The number of ether oxygens (including phenoxy) is 1. The van der Waals surface area contributed by atoms with E-state index in [0.717, 1.165) is 13.0 Å². The number of rotatable bonds is 6. The Balaban J connectivity index is 2.13. The van der Waals surface area contributed by atoms with E-state index in [1.807, 2.05) is 11.9 Å². The van der Waals surface area contributed by atoms with Crippen molar-refractivity contribution in [1.29, 1.82) is 0 Å². The molecule has 0 aromatic carbocycles. The summed E-state index contributed by atoms with van der Waals surface area (Å²) in [7, 11) is 1.95. The van der Waals surface area contributed by atoms with Crippen molar-refractivity contribution in [2.24, 2.45) is 0 Å². The van der Waals surface area contributed by atoms with E-state index in [0.29, 0.717) is 26.0 Å². The lowest BCUT2D eigenvalue weighted by Crippen LogP contribution is -2.37. The van der Waals surface area contributed by atoms with Crippen LogP contribution in [0, 0.1) is 0 Å². The van der Waals surface area contributed by atoms with E-state index in [-0.39, 0.29) is 17.9 Å². The molecule has 0 aliphatic carbocycles. The highest BCUT2D eigenvalue weighted by molar-refractivity contribution is 5.78. The molecule has 1 fully saturated rings. The summed E-state index contributed by atoms with van der Waals surface area (Å²) in [4.78, 5) is 24.1. The predicted octanol–water partition coefficient (Wildman–Crippen LogP) is 0.150. The maximum absolute atomic E-state index is 11.1. The molecule has 1 heterocycles. The van der Waals surface area contributed by atoms with Crippen LogP contribution in [0.2, 0.25) is 0 Å². The van der Waals surface area contributed by atoms with Crippen LogP contribution in [-0.4, -0.2) is 49.6 Å². The van der Waals surface area contributed by atoms with Gasteiger partial charge in [0.15, 0.2) is 0 Å². The van der Waals surface area contributed by atoms with Gasteiger partial charge in [0, 0.05) is 25.6 Å². The highest BCUT2D eigenvalue weighted by Gasteiger charge is 2.21. The molecular formula is C11H20N2O3. The van der Waals surface area contributed by atoms with Gasteiger partial charge in [-0.05, 0) is 20.4 Å². The van der Waals surface area contributed by atoms with Crippen LogP contribution in [0.4, 0.5) is 0 Å². The third kappa shape index (κ3) is 4.61. The Hall–Kier alpha value is -1.10. The maximum atomic E-state index is 11.1. The molecule has 16 heavy (non-hydrogen) atoms. The van der Waals surface area contributed by atoms with Gasteiger partial charge in [0.2, 0.25) is 5.91 Å². The molecule has 0 aromatic heterocycles. The number of nitrogens with one attached hydrogen (secondary N) is 1. The van der Waals surface area contributed by atoms with Crippen molar-refractivity contribution in [3.8, 4) is 0 Å². The first kappa shape index (κ1) is 13.0. The second kappa shape index (κ2) is 6.48. The predicted molar refractivity (Wildman–Crippen MR) is 59.9 cm³/mol. The summed E-state index contributed by atoms with van der Waals surface area (Å²) in [6.07, 6.45) is 1.92. The molecule has 5 nitrogen and oxygen atoms in total. The van der Waals surface area contributed by atoms with Crippen molar-refractivity contribution >= 4 is 11.9 Å². The Bertz CT molecular complexity index is 256. The largest absolute Gasteiger partial charge is 0.466 e. The smallest absolute Gasteiger partial charge is 0.307 e. The van der Waals surface area contributed by atoms with Gasteiger partial charge in [-0.2, -0.15) is 0 Å². The summed E-state index contributed by atoms with van der Waals surface area (Å²) < 4.78 is 4.84. The molecule has 1 aliphatic rings. The van der Waals surface area contributed by atoms with Gasteiger partial charge in [-0.1, -0.05) is 0 Å². The Morgan fingerprint density at radius 3 is 2.94 bits per heavy atom. The van der Waals surface area contributed by atoms with Crippen molar-refractivity contribution in [3.63, 3.8) is 0 Å². The highest BCUT2D eigenvalue weighted by Crippen LogP contribution is 2.07. The molecule has 1 unspecified atom stereocenters. The summed E-state index contributed by atoms with van der Waals surface area (Å²) in [5.74, 6) is -0.0337. The number of likely N-dealkylation sites (N-methyl/N-ethyl adjacent to an activating group) is 1. The van der Waals surface area contributed by atoms with E-state index < -0.39 is 0 Å². The third-order valence-corrected chi connectivity index (χ3v) is 2.62. The number of nitrogens with zero attached hydrogens (tertiary/aromatic N) is 1. The Labute approximate surface area is 96.1 Å². The van der Waals surface area contributed by atoms with Crippen LogP contribution < -0.4 is 5.32 Å². The summed E-state index contributed by atoms with van der Waals surface area (Å²) in [6, 6.07) is 0.236. The number of carbonyl (C=O) groups excluding carboxylic acids is 2. The number of carbonyl (C=O) groups is 2. The first-order valence-corrected chi connectivity index (χ1v) is 5.75. The number of hydrogen-bond acceptors (Lipinski definition) is 4. The molecule has 0 saturated carbocycles. The molecule has 1 rings (SSSR count). The zero-order chi connectivity index (χ0) is 12.0. The second-order valence-corrected chi connectivity index (χ2v) is 4.12. The summed E-state index contributed by atoms with van der Waals surface area (Å²) >= 11 is 0. The van der Waals surface area contributed by atoms with Gasteiger partial charge in [-0.25, -0.2) is 0 Å². The van der Waals surface area contributed by atoms with Crippen LogP contribution in [0.5, 0.6) is 0 Å². The van der Waals surface area contributed by atoms with E-state index in [9.17, 15) is 9.59 Å². The first-order chi connectivity index (χ1) is 7.61. The SMILES string of the molecule is CCOC(=O)CCN(C)CC1CCC(=O)N1. The topological polar surface area (TPSA) is 58.6 Å². The monoisotopic (exact) mass is 228 g/mol. The molecule has 5 heteroatoms. The summed E-state index contributed by atoms with van der Waals surface area (Å²) in [6.45, 7) is 3.70. The van der Waals surface area contributed by atoms with Gasteiger partial charge in [0.25, 0.3) is 0 Å². The molecule has 1 amide bonds. The number of hydrogen-bond donors (Lipinski definition) is 1. The van der Waals surface area contributed by atoms with Crippen molar-refractivity contribution < 1.29 is 14.3 Å². The first-order valence-electron chi connectivity index (χ1n) is 5.75.